The molecule has 1 saturated carbocycles. The monoisotopic (exact) mass is 184 g/mol. The Bertz CT molecular complexity index is 141. The highest BCUT2D eigenvalue weighted by atomic mass is 15.2. The quantitative estimate of drug-likeness (QED) is 0.684. The summed E-state index contributed by atoms with van der Waals surface area (Å²) in [4.78, 5) is 2.64. The van der Waals surface area contributed by atoms with Gasteiger partial charge in [0, 0.05) is 18.1 Å². The lowest BCUT2D eigenvalue weighted by atomic mass is 10.1. The molecule has 1 aliphatic rings. The molecule has 0 aliphatic heterocycles. The van der Waals surface area contributed by atoms with Gasteiger partial charge in [0.15, 0.2) is 0 Å². The van der Waals surface area contributed by atoms with Gasteiger partial charge in [0.25, 0.3) is 0 Å². The average Bonchev–Trinajstić information content (AvgIpc) is 2.81. The second kappa shape index (κ2) is 4.97. The summed E-state index contributed by atoms with van der Waals surface area (Å²) in [7, 11) is 0. The van der Waals surface area contributed by atoms with Crippen molar-refractivity contribution in [2.75, 3.05) is 6.54 Å². The van der Waals surface area contributed by atoms with Crippen LogP contribution in [0.5, 0.6) is 0 Å². The highest BCUT2D eigenvalue weighted by molar-refractivity contribution is 4.87. The molecule has 0 aromatic carbocycles. The van der Waals surface area contributed by atoms with Crippen LogP contribution in [0.2, 0.25) is 0 Å². The standard InChI is InChI=1S/C11H24N2/c1-4-7-13(11-5-6-11)10(3)8-9(2)12/h9-11H,4-8,12H2,1-3H3. The number of hydrogen-bond donors (Lipinski definition) is 1. The lowest BCUT2D eigenvalue weighted by Gasteiger charge is -2.29. The molecule has 0 aromatic rings. The lowest BCUT2D eigenvalue weighted by molar-refractivity contribution is 0.184. The summed E-state index contributed by atoms with van der Waals surface area (Å²) in [6.45, 7) is 7.93. The molecule has 0 spiro atoms. The van der Waals surface area contributed by atoms with Crippen molar-refractivity contribution < 1.29 is 0 Å². The molecule has 2 atom stereocenters. The van der Waals surface area contributed by atoms with Crippen LogP contribution in [0.3, 0.4) is 0 Å². The van der Waals surface area contributed by atoms with Crippen molar-refractivity contribution in [3.8, 4) is 0 Å². The van der Waals surface area contributed by atoms with E-state index in [1.54, 1.807) is 0 Å². The molecular formula is C11H24N2. The van der Waals surface area contributed by atoms with Crippen molar-refractivity contribution in [3.05, 3.63) is 0 Å². The summed E-state index contributed by atoms with van der Waals surface area (Å²) in [5, 5.41) is 0. The van der Waals surface area contributed by atoms with E-state index in [2.05, 4.69) is 25.7 Å². The van der Waals surface area contributed by atoms with E-state index in [1.165, 1.54) is 25.8 Å². The van der Waals surface area contributed by atoms with Crippen molar-refractivity contribution in [2.24, 2.45) is 5.73 Å². The molecule has 0 aromatic heterocycles. The van der Waals surface area contributed by atoms with E-state index >= 15 is 0 Å². The van der Waals surface area contributed by atoms with Gasteiger partial charge in [-0.3, -0.25) is 4.90 Å². The number of nitrogens with zero attached hydrogens (tertiary/aromatic N) is 1. The average molecular weight is 184 g/mol. The number of hydrogen-bond acceptors (Lipinski definition) is 2. The normalized spacial score (nSPS) is 21.9. The van der Waals surface area contributed by atoms with E-state index in [4.69, 9.17) is 5.73 Å². The minimum atomic E-state index is 0.341. The maximum atomic E-state index is 5.82. The zero-order valence-corrected chi connectivity index (χ0v) is 9.29. The molecule has 1 fully saturated rings. The zero-order chi connectivity index (χ0) is 9.84. The molecular weight excluding hydrogens is 160 g/mol. The Morgan fingerprint density at radius 3 is 2.38 bits per heavy atom. The molecule has 2 heteroatoms. The number of nitrogens with two attached hydrogens (primary N) is 1. The van der Waals surface area contributed by atoms with Gasteiger partial charge in [-0.25, -0.2) is 0 Å². The Morgan fingerprint density at radius 1 is 1.38 bits per heavy atom. The van der Waals surface area contributed by atoms with Gasteiger partial charge in [-0.15, -0.1) is 0 Å². The SMILES string of the molecule is CCCN(C(C)CC(C)N)C1CC1. The lowest BCUT2D eigenvalue weighted by Crippen LogP contribution is -2.39. The molecule has 1 rings (SSSR count). The third kappa shape index (κ3) is 3.65. The van der Waals surface area contributed by atoms with Gasteiger partial charge in [-0.1, -0.05) is 6.92 Å². The third-order valence-electron chi connectivity index (χ3n) is 2.78. The van der Waals surface area contributed by atoms with Crippen LogP contribution in [0.1, 0.15) is 46.5 Å². The van der Waals surface area contributed by atoms with Crippen molar-refractivity contribution in [3.63, 3.8) is 0 Å². The summed E-state index contributed by atoms with van der Waals surface area (Å²) in [5.74, 6) is 0. The first kappa shape index (κ1) is 11.0. The van der Waals surface area contributed by atoms with Crippen LogP contribution in [0.15, 0.2) is 0 Å². The van der Waals surface area contributed by atoms with Gasteiger partial charge in [0.2, 0.25) is 0 Å². The Balaban J connectivity index is 2.33. The van der Waals surface area contributed by atoms with E-state index in [9.17, 15) is 0 Å². The molecule has 0 amide bonds. The third-order valence-corrected chi connectivity index (χ3v) is 2.78. The summed E-state index contributed by atoms with van der Waals surface area (Å²) in [6, 6.07) is 1.90. The molecule has 2 N–H and O–H groups in total. The Kier molecular flexibility index (Phi) is 4.20. The summed E-state index contributed by atoms with van der Waals surface area (Å²) in [6.07, 6.45) is 5.21. The molecule has 1 aliphatic carbocycles. The smallest absolute Gasteiger partial charge is 0.00992 e. The van der Waals surface area contributed by atoms with E-state index in [1.807, 2.05) is 0 Å². The van der Waals surface area contributed by atoms with Crippen molar-refractivity contribution in [2.45, 2.75) is 64.6 Å². The highest BCUT2D eigenvalue weighted by Gasteiger charge is 2.31. The van der Waals surface area contributed by atoms with E-state index in [0.29, 0.717) is 12.1 Å². The van der Waals surface area contributed by atoms with Crippen LogP contribution in [0.25, 0.3) is 0 Å². The highest BCUT2D eigenvalue weighted by Crippen LogP contribution is 2.29. The van der Waals surface area contributed by atoms with Crippen LogP contribution < -0.4 is 5.73 Å². The second-order valence-electron chi connectivity index (χ2n) is 4.53. The molecule has 2 nitrogen and oxygen atoms in total. The first-order valence-corrected chi connectivity index (χ1v) is 5.66. The summed E-state index contributed by atoms with van der Waals surface area (Å²) >= 11 is 0. The zero-order valence-electron chi connectivity index (χ0n) is 9.29. The van der Waals surface area contributed by atoms with E-state index in [0.717, 1.165) is 12.5 Å². The van der Waals surface area contributed by atoms with E-state index in [-0.39, 0.29) is 0 Å². The van der Waals surface area contributed by atoms with Crippen molar-refractivity contribution >= 4 is 0 Å². The minimum absolute atomic E-state index is 0.341. The largest absolute Gasteiger partial charge is 0.328 e. The van der Waals surface area contributed by atoms with Crippen LogP contribution in [-0.4, -0.2) is 29.6 Å². The predicted molar refractivity (Wildman–Crippen MR) is 57.7 cm³/mol. The maximum Gasteiger partial charge on any atom is 0.00992 e. The maximum absolute atomic E-state index is 5.82. The van der Waals surface area contributed by atoms with Gasteiger partial charge in [0.05, 0.1) is 0 Å². The number of rotatable bonds is 6. The first-order valence-electron chi connectivity index (χ1n) is 5.66. The Labute approximate surface area is 82.5 Å². The molecule has 78 valence electrons. The van der Waals surface area contributed by atoms with Gasteiger partial charge >= 0.3 is 0 Å². The molecule has 0 saturated heterocycles. The van der Waals surface area contributed by atoms with Gasteiger partial charge in [-0.05, 0) is 46.1 Å². The first-order chi connectivity index (χ1) is 6.15. The molecule has 13 heavy (non-hydrogen) atoms. The van der Waals surface area contributed by atoms with Crippen molar-refractivity contribution in [1.82, 2.24) is 4.90 Å². The van der Waals surface area contributed by atoms with Crippen LogP contribution in [0.4, 0.5) is 0 Å². The topological polar surface area (TPSA) is 29.3 Å². The fraction of sp³-hybridized carbons (Fsp3) is 1.00. The van der Waals surface area contributed by atoms with Gasteiger partial charge < -0.3 is 5.73 Å². The molecule has 0 radical (unpaired) electrons. The summed E-state index contributed by atoms with van der Waals surface area (Å²) < 4.78 is 0. The van der Waals surface area contributed by atoms with Crippen LogP contribution >= 0.6 is 0 Å². The molecule has 0 heterocycles. The summed E-state index contributed by atoms with van der Waals surface area (Å²) in [5.41, 5.74) is 5.82. The fourth-order valence-corrected chi connectivity index (χ4v) is 2.10. The molecule has 2 unspecified atom stereocenters. The van der Waals surface area contributed by atoms with Crippen LogP contribution in [0, 0.1) is 0 Å². The Hall–Kier alpha value is -0.0800. The Morgan fingerprint density at radius 2 is 2.00 bits per heavy atom. The minimum Gasteiger partial charge on any atom is -0.328 e. The second-order valence-corrected chi connectivity index (χ2v) is 4.53. The van der Waals surface area contributed by atoms with E-state index < -0.39 is 0 Å². The van der Waals surface area contributed by atoms with Crippen LogP contribution in [-0.2, 0) is 0 Å². The van der Waals surface area contributed by atoms with Gasteiger partial charge in [0.1, 0.15) is 0 Å². The van der Waals surface area contributed by atoms with Gasteiger partial charge in [-0.2, -0.15) is 0 Å². The van der Waals surface area contributed by atoms with Crippen molar-refractivity contribution in [1.29, 1.82) is 0 Å². The fourth-order valence-electron chi connectivity index (χ4n) is 2.10. The molecule has 0 bridgehead atoms. The predicted octanol–water partition coefficient (Wildman–Crippen LogP) is 1.99.